The minimum Gasteiger partial charge on any atom is -0.449 e. The Hall–Kier alpha value is -8.17. The molecule has 9 N–H and O–H groups in total. The average Bonchev–Trinajstić information content (AvgIpc) is 1.60. The Morgan fingerprint density at radius 3 is 1.96 bits per heavy atom. The van der Waals surface area contributed by atoms with Gasteiger partial charge in [0.25, 0.3) is 10.1 Å². The Kier molecular flexibility index (Phi) is 27.3. The van der Waals surface area contributed by atoms with Gasteiger partial charge in [-0.05, 0) is 90.3 Å². The van der Waals surface area contributed by atoms with Crippen LogP contribution in [0.1, 0.15) is 128 Å². The fourth-order valence-electron chi connectivity index (χ4n) is 12.7. The second kappa shape index (κ2) is 34.3. The second-order valence-electron chi connectivity index (χ2n) is 25.1. The number of carbonyl (C=O) groups is 8. The second-order valence-corrected chi connectivity index (χ2v) is 26.5. The number of ether oxygens (including phenoxy) is 4. The summed E-state index contributed by atoms with van der Waals surface area (Å²) in [4.78, 5) is 114. The molecule has 1 heterocycles. The van der Waals surface area contributed by atoms with Crippen molar-refractivity contribution in [3.05, 3.63) is 119 Å². The summed E-state index contributed by atoms with van der Waals surface area (Å²) in [6.45, 7) is 13.9. The third-order valence-corrected chi connectivity index (χ3v) is 18.9. The van der Waals surface area contributed by atoms with Crippen molar-refractivity contribution in [3.8, 4) is 11.1 Å². The van der Waals surface area contributed by atoms with Gasteiger partial charge >= 0.3 is 18.2 Å². The average molecular weight is 1330 g/mol. The SMILES string of the molecule is CC[C@H](C)[C@@H]([C@@H](CC(=O)N1CCC[C@H]1[C@H](OC)[C@@H](C)C(=O)N[C@H](C)[C@@H](O)c1ccccc1)OC)N(C)C(=O)[C@@H](NC(=O)[C@H](C(C)C)N(C)C(=O)OCc1ccc(NC(=O)[C@H](CCCNC(N)=O)NC(=O)OCC2c3ccccc3-c3ccccc32)cc1S(=O)(=O)O)C(C)C. The number of urea groups is 1. The van der Waals surface area contributed by atoms with Gasteiger partial charge in [0.2, 0.25) is 29.5 Å². The van der Waals surface area contributed by atoms with Gasteiger partial charge in [0.05, 0.1) is 48.8 Å². The number of methoxy groups -OCH3 is 2. The molecule has 26 heteroatoms. The lowest BCUT2D eigenvalue weighted by molar-refractivity contribution is -0.148. The van der Waals surface area contributed by atoms with Crippen LogP contribution in [0.25, 0.3) is 11.1 Å². The van der Waals surface area contributed by atoms with Crippen molar-refractivity contribution in [1.82, 2.24) is 36.0 Å². The summed E-state index contributed by atoms with van der Waals surface area (Å²) in [6, 6.07) is 21.7. The first kappa shape index (κ1) is 74.9. The molecule has 1 aliphatic carbocycles. The lowest BCUT2D eigenvalue weighted by Crippen LogP contribution is -2.60. The zero-order valence-corrected chi connectivity index (χ0v) is 56.6. The highest BCUT2D eigenvalue weighted by molar-refractivity contribution is 7.85. The number of nitrogens with one attached hydrogen (secondary N) is 5. The molecule has 6 rings (SSSR count). The molecular weight excluding hydrogens is 1230 g/mol. The van der Waals surface area contributed by atoms with Crippen LogP contribution in [0.15, 0.2) is 102 Å². The quantitative estimate of drug-likeness (QED) is 0.0178. The van der Waals surface area contributed by atoms with E-state index in [2.05, 4.69) is 26.6 Å². The number of amides is 9. The first-order valence-electron chi connectivity index (χ1n) is 32.0. The molecule has 0 aromatic heterocycles. The number of nitrogens with two attached hydrogens (primary N) is 1. The van der Waals surface area contributed by atoms with E-state index in [0.29, 0.717) is 31.4 Å². The monoisotopic (exact) mass is 1330 g/mol. The standard InChI is InChI=1S/C68H95N9O16S/c1-13-41(6)59(54(90-11)36-56(78)77-34-22-30-53(77)61(91-12)42(7)62(80)71-43(8)60(79)44-23-15-14-16-24-44)75(9)65(83)57(39(2)3)74-64(82)58(40(4)5)76(10)68(86)93-37-45-31-32-46(35-55(45)94(87,88)89)72-63(81)52(29-21-33-70-66(69)84)73-67(85)92-38-51-49-27-19-17-25-47(49)48-26-18-20-28-50(48)51/h14-20,23-28,31-32,35,39-43,51-54,57-61,79H,13,21-22,29-30,33-34,36-38H2,1-12H3,(H,71,80)(H,72,81)(H,73,85)(H,74,82)(H3,69,70,84)(H,87,88,89)/t41-,42+,43+,52-,53-,54+,57-,58-,59-,60+,61+/m0/s1. The predicted octanol–water partition coefficient (Wildman–Crippen LogP) is 7.12. The molecule has 25 nitrogen and oxygen atoms in total. The molecule has 0 spiro atoms. The van der Waals surface area contributed by atoms with E-state index in [1.54, 1.807) is 77.8 Å². The van der Waals surface area contributed by atoms with Crippen LogP contribution in [0.2, 0.25) is 0 Å². The highest BCUT2D eigenvalue weighted by Gasteiger charge is 2.44. The van der Waals surface area contributed by atoms with E-state index in [-0.39, 0.29) is 67.3 Å². The summed E-state index contributed by atoms with van der Waals surface area (Å²) in [6.07, 6.45) is -2.65. The molecule has 0 bridgehead atoms. The maximum atomic E-state index is 14.8. The highest BCUT2D eigenvalue weighted by Crippen LogP contribution is 2.44. The number of aliphatic hydroxyl groups excluding tert-OH is 1. The first-order valence-corrected chi connectivity index (χ1v) is 33.4. The molecular formula is C68H95N9O16S. The summed E-state index contributed by atoms with van der Waals surface area (Å²) in [5.74, 6) is -4.89. The van der Waals surface area contributed by atoms with Gasteiger partial charge < -0.3 is 66.2 Å². The number of primary amides is 1. The zero-order valence-electron chi connectivity index (χ0n) is 55.8. The number of likely N-dealkylation sites (tertiary alicyclic amines) is 1. The first-order chi connectivity index (χ1) is 44.5. The lowest BCUT2D eigenvalue weighted by atomic mass is 9.89. The van der Waals surface area contributed by atoms with E-state index in [1.807, 2.05) is 68.4 Å². The number of carbonyl (C=O) groups excluding carboxylic acids is 8. The summed E-state index contributed by atoms with van der Waals surface area (Å²) in [5.41, 5.74) is 9.50. The van der Waals surface area contributed by atoms with Crippen LogP contribution in [0.4, 0.5) is 20.1 Å². The van der Waals surface area contributed by atoms with Crippen molar-refractivity contribution in [1.29, 1.82) is 0 Å². The van der Waals surface area contributed by atoms with Gasteiger partial charge in [0.15, 0.2) is 0 Å². The van der Waals surface area contributed by atoms with E-state index >= 15 is 0 Å². The molecule has 0 saturated carbocycles. The third kappa shape index (κ3) is 19.0. The van der Waals surface area contributed by atoms with E-state index in [0.717, 1.165) is 33.2 Å². The molecule has 4 aromatic carbocycles. The molecule has 514 valence electrons. The Balaban J connectivity index is 1.09. The summed E-state index contributed by atoms with van der Waals surface area (Å²) >= 11 is 0. The minimum atomic E-state index is -5.07. The van der Waals surface area contributed by atoms with Crippen LogP contribution in [0, 0.1) is 23.7 Å². The van der Waals surface area contributed by atoms with Crippen molar-refractivity contribution < 1.29 is 75.4 Å². The van der Waals surface area contributed by atoms with Gasteiger partial charge in [0.1, 0.15) is 36.2 Å². The van der Waals surface area contributed by atoms with E-state index in [1.165, 1.54) is 38.3 Å². The number of benzene rings is 4. The Labute approximate surface area is 551 Å². The number of fused-ring (bicyclic) bond motifs is 3. The number of likely N-dealkylation sites (N-methyl/N-ethyl adjacent to an activating group) is 2. The summed E-state index contributed by atoms with van der Waals surface area (Å²) in [5, 5.41) is 24.3. The van der Waals surface area contributed by atoms with Crippen molar-refractivity contribution in [2.24, 2.45) is 29.4 Å². The highest BCUT2D eigenvalue weighted by atomic mass is 32.2. The molecule has 1 aliphatic heterocycles. The van der Waals surface area contributed by atoms with Crippen LogP contribution in [0.5, 0.6) is 0 Å². The van der Waals surface area contributed by atoms with Crippen LogP contribution >= 0.6 is 0 Å². The lowest BCUT2D eigenvalue weighted by Gasteiger charge is -2.41. The van der Waals surface area contributed by atoms with Crippen LogP contribution in [0.3, 0.4) is 0 Å². The minimum absolute atomic E-state index is 0.0337. The number of nitrogens with zero attached hydrogens (tertiary/aromatic N) is 3. The van der Waals surface area contributed by atoms with Gasteiger partial charge in [-0.1, -0.05) is 140 Å². The normalized spacial score (nSPS) is 16.9. The maximum Gasteiger partial charge on any atom is 0.410 e. The van der Waals surface area contributed by atoms with Crippen LogP contribution in [-0.2, 0) is 59.6 Å². The van der Waals surface area contributed by atoms with Crippen LogP contribution in [-0.4, -0.2) is 177 Å². The van der Waals surface area contributed by atoms with Gasteiger partial charge in [0, 0.05) is 58.6 Å². The number of hydrogen-bond donors (Lipinski definition) is 8. The molecule has 94 heavy (non-hydrogen) atoms. The molecule has 1 saturated heterocycles. The van der Waals surface area contributed by atoms with Crippen molar-refractivity contribution in [2.45, 2.75) is 166 Å². The number of aliphatic hydroxyl groups is 1. The predicted molar refractivity (Wildman–Crippen MR) is 352 cm³/mol. The van der Waals surface area contributed by atoms with Crippen molar-refractivity contribution in [3.63, 3.8) is 0 Å². The molecule has 0 unspecified atom stereocenters. The maximum absolute atomic E-state index is 14.8. The summed E-state index contributed by atoms with van der Waals surface area (Å²) in [7, 11) is 0.800. The summed E-state index contributed by atoms with van der Waals surface area (Å²) < 4.78 is 59.5. The molecule has 11 atom stereocenters. The molecule has 0 radical (unpaired) electrons. The number of rotatable bonds is 32. The molecule has 4 aromatic rings. The number of alkyl carbamates (subject to hydrolysis) is 1. The Morgan fingerprint density at radius 1 is 0.755 bits per heavy atom. The van der Waals surface area contributed by atoms with Gasteiger partial charge in [-0.2, -0.15) is 8.42 Å². The van der Waals surface area contributed by atoms with Gasteiger partial charge in [-0.3, -0.25) is 33.4 Å². The fourth-order valence-corrected chi connectivity index (χ4v) is 13.5. The van der Waals surface area contributed by atoms with Crippen molar-refractivity contribution >= 4 is 63.6 Å². The molecule has 1 fully saturated rings. The topological polar surface area (TPSA) is 344 Å². The zero-order chi connectivity index (χ0) is 69.3. The van der Waals surface area contributed by atoms with Gasteiger partial charge in [-0.25, -0.2) is 14.4 Å². The fraction of sp³-hybridized carbons (Fsp3) is 0.529. The van der Waals surface area contributed by atoms with E-state index < -0.39 is 130 Å². The van der Waals surface area contributed by atoms with Gasteiger partial charge in [-0.15, -0.1) is 0 Å². The number of anilines is 1. The van der Waals surface area contributed by atoms with Crippen LogP contribution < -0.4 is 32.3 Å². The van der Waals surface area contributed by atoms with E-state index in [9.17, 15) is 56.4 Å². The van der Waals surface area contributed by atoms with Crippen molar-refractivity contribution in [2.75, 3.05) is 53.3 Å². The smallest absolute Gasteiger partial charge is 0.410 e. The number of hydrogen-bond acceptors (Lipinski definition) is 15. The Bertz CT molecular complexity index is 3350. The molecule has 2 aliphatic rings. The largest absolute Gasteiger partial charge is 0.449 e. The molecule has 9 amide bonds. The third-order valence-electron chi connectivity index (χ3n) is 18.0. The Morgan fingerprint density at radius 2 is 1.38 bits per heavy atom. The van der Waals surface area contributed by atoms with E-state index in [4.69, 9.17) is 24.7 Å².